The van der Waals surface area contributed by atoms with Crippen LogP contribution < -0.4 is 5.56 Å². The molecule has 0 saturated carbocycles. The highest BCUT2D eigenvalue weighted by molar-refractivity contribution is 6.41. The first-order chi connectivity index (χ1) is 8.13. The van der Waals surface area contributed by atoms with Crippen LogP contribution in [0.4, 0.5) is 0 Å². The fourth-order valence-corrected chi connectivity index (χ4v) is 1.54. The van der Waals surface area contributed by atoms with E-state index in [1.165, 1.54) is 6.20 Å². The van der Waals surface area contributed by atoms with E-state index in [0.717, 1.165) is 11.0 Å². The number of aldehydes is 1. The Balaban J connectivity index is 2.57. The number of aromatic nitrogens is 2. The Bertz CT molecular complexity index is 620. The Hall–Kier alpha value is -1.65. The van der Waals surface area contributed by atoms with Gasteiger partial charge in [-0.05, 0) is 24.3 Å². The predicted octanol–water partition coefficient (Wildman–Crippen LogP) is 2.35. The molecule has 1 heterocycles. The van der Waals surface area contributed by atoms with Crippen molar-refractivity contribution in [2.24, 2.45) is 0 Å². The highest BCUT2D eigenvalue weighted by Crippen LogP contribution is 2.16. The quantitative estimate of drug-likeness (QED) is 0.786. The Morgan fingerprint density at radius 3 is 2.41 bits per heavy atom. The Labute approximate surface area is 106 Å². The van der Waals surface area contributed by atoms with Crippen LogP contribution in [0.5, 0.6) is 0 Å². The van der Waals surface area contributed by atoms with Gasteiger partial charge in [0.15, 0.2) is 0 Å². The lowest BCUT2D eigenvalue weighted by Crippen LogP contribution is -2.21. The second kappa shape index (κ2) is 4.69. The van der Waals surface area contributed by atoms with E-state index in [0.29, 0.717) is 11.3 Å². The van der Waals surface area contributed by atoms with Crippen molar-refractivity contribution in [3.8, 4) is 5.69 Å². The standard InChI is InChI=1S/C11H6Cl2N2O2/c12-9-5-14-15(11(17)10(9)13)8-3-1-7(6-16)2-4-8/h1-6H. The molecule has 0 aliphatic heterocycles. The van der Waals surface area contributed by atoms with Crippen LogP contribution in [0.15, 0.2) is 35.3 Å². The average molecular weight is 269 g/mol. The number of carbonyl (C=O) groups excluding carboxylic acids is 1. The van der Waals surface area contributed by atoms with Gasteiger partial charge < -0.3 is 0 Å². The highest BCUT2D eigenvalue weighted by Gasteiger charge is 2.08. The first-order valence-corrected chi connectivity index (χ1v) is 5.38. The minimum absolute atomic E-state index is 0.0823. The van der Waals surface area contributed by atoms with Crippen molar-refractivity contribution < 1.29 is 4.79 Å². The van der Waals surface area contributed by atoms with Crippen LogP contribution in [0.1, 0.15) is 10.4 Å². The summed E-state index contributed by atoms with van der Waals surface area (Å²) in [5.74, 6) is 0. The van der Waals surface area contributed by atoms with Gasteiger partial charge in [-0.25, -0.2) is 0 Å². The van der Waals surface area contributed by atoms with Crippen LogP contribution in [0.3, 0.4) is 0 Å². The van der Waals surface area contributed by atoms with Crippen LogP contribution in [-0.4, -0.2) is 16.1 Å². The fourth-order valence-electron chi connectivity index (χ4n) is 1.29. The van der Waals surface area contributed by atoms with Crippen molar-refractivity contribution in [2.45, 2.75) is 0 Å². The smallest absolute Gasteiger partial charge is 0.291 e. The molecule has 0 N–H and O–H groups in total. The summed E-state index contributed by atoms with van der Waals surface area (Å²) in [5, 5.41) is 3.89. The maximum absolute atomic E-state index is 11.8. The van der Waals surface area contributed by atoms with Crippen LogP contribution in [0, 0.1) is 0 Å². The average Bonchev–Trinajstić information content (AvgIpc) is 2.36. The number of carbonyl (C=O) groups is 1. The first kappa shape index (κ1) is 11.8. The molecule has 1 aromatic heterocycles. The van der Waals surface area contributed by atoms with Gasteiger partial charge in [-0.1, -0.05) is 23.2 Å². The molecule has 4 nitrogen and oxygen atoms in total. The van der Waals surface area contributed by atoms with Gasteiger partial charge in [-0.3, -0.25) is 9.59 Å². The monoisotopic (exact) mass is 268 g/mol. The molecule has 0 aliphatic rings. The topological polar surface area (TPSA) is 52.0 Å². The minimum atomic E-state index is -0.502. The van der Waals surface area contributed by atoms with E-state index in [9.17, 15) is 9.59 Å². The molecule has 86 valence electrons. The molecule has 0 unspecified atom stereocenters. The zero-order chi connectivity index (χ0) is 12.4. The molecule has 2 aromatic rings. The first-order valence-electron chi connectivity index (χ1n) is 4.62. The molecular weight excluding hydrogens is 263 g/mol. The summed E-state index contributed by atoms with van der Waals surface area (Å²) in [6, 6.07) is 6.36. The molecule has 1 aromatic carbocycles. The lowest BCUT2D eigenvalue weighted by Gasteiger charge is -2.05. The molecule has 17 heavy (non-hydrogen) atoms. The Kier molecular flexibility index (Phi) is 3.26. The van der Waals surface area contributed by atoms with Crippen LogP contribution in [0.25, 0.3) is 5.69 Å². The number of benzene rings is 1. The van der Waals surface area contributed by atoms with Gasteiger partial charge in [0.2, 0.25) is 0 Å². The third-order valence-electron chi connectivity index (χ3n) is 2.15. The molecule has 0 radical (unpaired) electrons. The van der Waals surface area contributed by atoms with E-state index in [1.54, 1.807) is 24.3 Å². The van der Waals surface area contributed by atoms with Crippen LogP contribution in [0.2, 0.25) is 10.0 Å². The molecular formula is C11H6Cl2N2O2. The second-order valence-corrected chi connectivity index (χ2v) is 4.02. The zero-order valence-electron chi connectivity index (χ0n) is 8.43. The predicted molar refractivity (Wildman–Crippen MR) is 65.2 cm³/mol. The van der Waals surface area contributed by atoms with Crippen molar-refractivity contribution >= 4 is 29.5 Å². The number of hydrogen-bond donors (Lipinski definition) is 0. The lowest BCUT2D eigenvalue weighted by molar-refractivity contribution is 0.112. The maximum atomic E-state index is 11.8. The van der Waals surface area contributed by atoms with Gasteiger partial charge >= 0.3 is 0 Å². The van der Waals surface area contributed by atoms with Gasteiger partial charge in [0.25, 0.3) is 5.56 Å². The molecule has 0 fully saturated rings. The van der Waals surface area contributed by atoms with E-state index in [4.69, 9.17) is 23.2 Å². The third kappa shape index (κ3) is 2.23. The molecule has 0 spiro atoms. The van der Waals surface area contributed by atoms with Crippen molar-refractivity contribution in [2.75, 3.05) is 0 Å². The van der Waals surface area contributed by atoms with Gasteiger partial charge in [0.05, 0.1) is 16.9 Å². The highest BCUT2D eigenvalue weighted by atomic mass is 35.5. The summed E-state index contributed by atoms with van der Waals surface area (Å²) in [4.78, 5) is 22.3. The summed E-state index contributed by atoms with van der Waals surface area (Å²) in [6.07, 6.45) is 2.01. The van der Waals surface area contributed by atoms with E-state index in [1.807, 2.05) is 0 Å². The second-order valence-electron chi connectivity index (χ2n) is 3.23. The van der Waals surface area contributed by atoms with Crippen LogP contribution in [-0.2, 0) is 0 Å². The number of rotatable bonds is 2. The van der Waals surface area contributed by atoms with Gasteiger partial charge in [-0.2, -0.15) is 9.78 Å². The van der Waals surface area contributed by atoms with E-state index >= 15 is 0 Å². The summed E-state index contributed by atoms with van der Waals surface area (Å²) < 4.78 is 1.11. The molecule has 0 atom stereocenters. The van der Waals surface area contributed by atoms with Gasteiger partial charge in [-0.15, -0.1) is 0 Å². The van der Waals surface area contributed by atoms with Crippen molar-refractivity contribution in [1.82, 2.24) is 9.78 Å². The van der Waals surface area contributed by atoms with E-state index < -0.39 is 5.56 Å². The molecule has 0 amide bonds. The maximum Gasteiger partial charge on any atom is 0.291 e. The lowest BCUT2D eigenvalue weighted by atomic mass is 10.2. The van der Waals surface area contributed by atoms with Gasteiger partial charge in [0.1, 0.15) is 11.3 Å². The fraction of sp³-hybridized carbons (Fsp3) is 0. The molecule has 6 heteroatoms. The SMILES string of the molecule is O=Cc1ccc(-n2ncc(Cl)c(Cl)c2=O)cc1. The normalized spacial score (nSPS) is 10.2. The molecule has 0 bridgehead atoms. The van der Waals surface area contributed by atoms with E-state index in [-0.39, 0.29) is 10.0 Å². The molecule has 2 rings (SSSR count). The molecule has 0 saturated heterocycles. The largest absolute Gasteiger partial charge is 0.298 e. The third-order valence-corrected chi connectivity index (χ3v) is 2.90. The number of nitrogens with zero attached hydrogens (tertiary/aromatic N) is 2. The minimum Gasteiger partial charge on any atom is -0.298 e. The Morgan fingerprint density at radius 1 is 1.18 bits per heavy atom. The van der Waals surface area contributed by atoms with Crippen molar-refractivity contribution in [3.05, 3.63) is 56.4 Å². The van der Waals surface area contributed by atoms with Crippen molar-refractivity contribution in [1.29, 1.82) is 0 Å². The molecule has 0 aliphatic carbocycles. The van der Waals surface area contributed by atoms with E-state index in [2.05, 4.69) is 5.10 Å². The number of halogens is 2. The summed E-state index contributed by atoms with van der Waals surface area (Å²) in [5.41, 5.74) is 0.527. The summed E-state index contributed by atoms with van der Waals surface area (Å²) in [7, 11) is 0. The summed E-state index contributed by atoms with van der Waals surface area (Å²) in [6.45, 7) is 0. The van der Waals surface area contributed by atoms with Crippen molar-refractivity contribution in [3.63, 3.8) is 0 Å². The zero-order valence-corrected chi connectivity index (χ0v) is 9.94. The number of hydrogen-bond acceptors (Lipinski definition) is 3. The van der Waals surface area contributed by atoms with Gasteiger partial charge in [0, 0.05) is 5.56 Å². The Morgan fingerprint density at radius 2 is 1.82 bits per heavy atom. The summed E-state index contributed by atoms with van der Waals surface area (Å²) >= 11 is 11.4. The van der Waals surface area contributed by atoms with Crippen LogP contribution >= 0.6 is 23.2 Å².